The lowest BCUT2D eigenvalue weighted by molar-refractivity contribution is -0.135. The molecule has 1 saturated heterocycles. The van der Waals surface area contributed by atoms with Crippen LogP contribution in [-0.4, -0.2) is 11.8 Å². The van der Waals surface area contributed by atoms with E-state index in [1.54, 1.807) is 0 Å². The summed E-state index contributed by atoms with van der Waals surface area (Å²) in [4.78, 5) is 23.5. The summed E-state index contributed by atoms with van der Waals surface area (Å²) in [6.45, 7) is 4.00. The summed E-state index contributed by atoms with van der Waals surface area (Å²) in [6, 6.07) is 0. The van der Waals surface area contributed by atoms with Crippen LogP contribution in [0.25, 0.3) is 0 Å². The molecular formula is C14H19NO2. The minimum atomic E-state index is -0.00144. The van der Waals surface area contributed by atoms with Crippen molar-refractivity contribution >= 4 is 11.8 Å². The summed E-state index contributed by atoms with van der Waals surface area (Å²) in [5.41, 5.74) is 0. The monoisotopic (exact) mass is 233 g/mol. The van der Waals surface area contributed by atoms with Gasteiger partial charge in [-0.15, -0.1) is 0 Å². The SMILES string of the molecule is CC.O=C1NC(=O)[C@H]2C3CCC([C@@H]12)[C@@H]1C=C[C@H]31. The van der Waals surface area contributed by atoms with Crippen LogP contribution < -0.4 is 5.32 Å². The molecule has 6 atom stereocenters. The van der Waals surface area contributed by atoms with Crippen LogP contribution in [0.2, 0.25) is 0 Å². The van der Waals surface area contributed by atoms with Crippen LogP contribution in [-0.2, 0) is 9.59 Å². The lowest BCUT2D eigenvalue weighted by Gasteiger charge is -2.55. The fourth-order valence-corrected chi connectivity index (χ4v) is 4.37. The van der Waals surface area contributed by atoms with Crippen molar-refractivity contribution in [1.29, 1.82) is 0 Å². The quantitative estimate of drug-likeness (QED) is 0.512. The van der Waals surface area contributed by atoms with Gasteiger partial charge in [0.25, 0.3) is 0 Å². The first-order valence-corrected chi connectivity index (χ1v) is 6.80. The Bertz CT molecular complexity index is 365. The maximum absolute atomic E-state index is 11.7. The topological polar surface area (TPSA) is 46.2 Å². The number of fused-ring (bicyclic) bond motifs is 1. The van der Waals surface area contributed by atoms with Crippen molar-refractivity contribution in [2.45, 2.75) is 26.7 Å². The molecule has 0 aromatic carbocycles. The van der Waals surface area contributed by atoms with E-state index in [9.17, 15) is 9.59 Å². The third-order valence-corrected chi connectivity index (χ3v) is 4.98. The summed E-state index contributed by atoms with van der Waals surface area (Å²) in [5.74, 6) is 2.09. The van der Waals surface area contributed by atoms with Gasteiger partial charge in [-0.2, -0.15) is 0 Å². The zero-order valence-electron chi connectivity index (χ0n) is 10.3. The van der Waals surface area contributed by atoms with Gasteiger partial charge in [-0.05, 0) is 36.5 Å². The number of hydrogen-bond acceptors (Lipinski definition) is 2. The number of rotatable bonds is 0. The Hall–Kier alpha value is -1.12. The van der Waals surface area contributed by atoms with E-state index in [-0.39, 0.29) is 23.7 Å². The summed E-state index contributed by atoms with van der Waals surface area (Å²) in [7, 11) is 0. The predicted octanol–water partition coefficient (Wildman–Crippen LogP) is 1.74. The Kier molecular flexibility index (Phi) is 2.39. The van der Waals surface area contributed by atoms with Crippen molar-refractivity contribution < 1.29 is 9.59 Å². The van der Waals surface area contributed by atoms with Gasteiger partial charge in [0.2, 0.25) is 11.8 Å². The lowest BCUT2D eigenvalue weighted by Crippen LogP contribution is -2.53. The van der Waals surface area contributed by atoms with Gasteiger partial charge < -0.3 is 0 Å². The fourth-order valence-electron chi connectivity index (χ4n) is 4.37. The van der Waals surface area contributed by atoms with Gasteiger partial charge in [0.1, 0.15) is 0 Å². The molecule has 0 spiro atoms. The van der Waals surface area contributed by atoms with Crippen molar-refractivity contribution in [1.82, 2.24) is 5.32 Å². The first-order valence-electron chi connectivity index (χ1n) is 6.80. The van der Waals surface area contributed by atoms with Crippen molar-refractivity contribution in [2.24, 2.45) is 35.5 Å². The number of carbonyl (C=O) groups excluding carboxylic acids is 2. The summed E-state index contributed by atoms with van der Waals surface area (Å²) in [5, 5.41) is 2.52. The highest BCUT2D eigenvalue weighted by atomic mass is 16.2. The van der Waals surface area contributed by atoms with E-state index < -0.39 is 0 Å². The second kappa shape index (κ2) is 3.69. The standard InChI is InChI=1S/C12H13NO2.C2H6/c14-11-9-7-3-4-8(6-2-1-5(6)7)10(9)12(15)13-11;1-2/h1-2,5-10H,3-4H2,(H,13,14,15);1-2H3/t5-,6+,7?,8?,9-,10+;. The number of amides is 2. The first kappa shape index (κ1) is 11.0. The molecule has 4 aliphatic carbocycles. The molecular weight excluding hydrogens is 214 g/mol. The van der Waals surface area contributed by atoms with E-state index >= 15 is 0 Å². The molecule has 92 valence electrons. The van der Waals surface area contributed by atoms with Crippen molar-refractivity contribution in [2.75, 3.05) is 0 Å². The molecule has 17 heavy (non-hydrogen) atoms. The van der Waals surface area contributed by atoms with Gasteiger partial charge in [-0.3, -0.25) is 14.9 Å². The van der Waals surface area contributed by atoms with Crippen molar-refractivity contribution in [3.63, 3.8) is 0 Å². The van der Waals surface area contributed by atoms with Crippen LogP contribution in [0.3, 0.4) is 0 Å². The second-order valence-electron chi connectivity index (χ2n) is 5.35. The van der Waals surface area contributed by atoms with Crippen LogP contribution in [0.1, 0.15) is 26.7 Å². The van der Waals surface area contributed by atoms with Gasteiger partial charge in [-0.1, -0.05) is 26.0 Å². The normalized spacial score (nSPS) is 48.6. The number of allylic oxidation sites excluding steroid dienone is 2. The van der Waals surface area contributed by atoms with Gasteiger partial charge in [0, 0.05) is 0 Å². The molecule has 4 fully saturated rings. The summed E-state index contributed by atoms with van der Waals surface area (Å²) >= 11 is 0. The Morgan fingerprint density at radius 2 is 1.35 bits per heavy atom. The molecule has 2 bridgehead atoms. The average Bonchev–Trinajstić information content (AvgIpc) is 2.59. The second-order valence-corrected chi connectivity index (χ2v) is 5.35. The Morgan fingerprint density at radius 1 is 0.941 bits per heavy atom. The van der Waals surface area contributed by atoms with Gasteiger partial charge in [0.15, 0.2) is 0 Å². The molecule has 1 N–H and O–H groups in total. The van der Waals surface area contributed by atoms with Crippen LogP contribution in [0.4, 0.5) is 0 Å². The Balaban J connectivity index is 0.000000431. The van der Waals surface area contributed by atoms with Gasteiger partial charge in [0.05, 0.1) is 11.8 Å². The Labute approximate surface area is 102 Å². The minimum absolute atomic E-state index is 0.00144. The molecule has 0 aromatic rings. The van der Waals surface area contributed by atoms with Crippen molar-refractivity contribution in [3.05, 3.63) is 12.2 Å². The van der Waals surface area contributed by atoms with Crippen LogP contribution in [0, 0.1) is 35.5 Å². The molecule has 2 amide bonds. The zero-order valence-corrected chi connectivity index (χ0v) is 10.3. The number of hydrogen-bond donors (Lipinski definition) is 1. The van der Waals surface area contributed by atoms with E-state index in [4.69, 9.17) is 0 Å². The Morgan fingerprint density at radius 3 is 1.71 bits per heavy atom. The third-order valence-electron chi connectivity index (χ3n) is 4.98. The molecule has 3 heteroatoms. The van der Waals surface area contributed by atoms with E-state index in [0.29, 0.717) is 23.7 Å². The molecule has 3 saturated carbocycles. The third kappa shape index (κ3) is 1.23. The highest BCUT2D eigenvalue weighted by Crippen LogP contribution is 2.60. The summed E-state index contributed by atoms with van der Waals surface area (Å²) < 4.78 is 0. The van der Waals surface area contributed by atoms with Crippen LogP contribution in [0.15, 0.2) is 12.2 Å². The fraction of sp³-hybridized carbons (Fsp3) is 0.714. The number of nitrogens with one attached hydrogen (secondary N) is 1. The van der Waals surface area contributed by atoms with Crippen LogP contribution >= 0.6 is 0 Å². The smallest absolute Gasteiger partial charge is 0.230 e. The first-order chi connectivity index (χ1) is 8.27. The van der Waals surface area contributed by atoms with Gasteiger partial charge >= 0.3 is 0 Å². The van der Waals surface area contributed by atoms with E-state index in [2.05, 4.69) is 17.5 Å². The maximum atomic E-state index is 11.7. The maximum Gasteiger partial charge on any atom is 0.230 e. The molecule has 5 rings (SSSR count). The molecule has 0 radical (unpaired) electrons. The molecule has 1 heterocycles. The highest BCUT2D eigenvalue weighted by molar-refractivity contribution is 6.05. The average molecular weight is 233 g/mol. The molecule has 3 nitrogen and oxygen atoms in total. The van der Waals surface area contributed by atoms with Crippen LogP contribution in [0.5, 0.6) is 0 Å². The predicted molar refractivity (Wildman–Crippen MR) is 63.8 cm³/mol. The highest BCUT2D eigenvalue weighted by Gasteiger charge is 2.61. The minimum Gasteiger partial charge on any atom is -0.296 e. The molecule has 0 aromatic heterocycles. The zero-order chi connectivity index (χ0) is 12.2. The lowest BCUT2D eigenvalue weighted by atomic mass is 9.47. The van der Waals surface area contributed by atoms with Crippen molar-refractivity contribution in [3.8, 4) is 0 Å². The van der Waals surface area contributed by atoms with E-state index in [0.717, 1.165) is 12.8 Å². The number of carbonyl (C=O) groups is 2. The van der Waals surface area contributed by atoms with E-state index in [1.165, 1.54) is 0 Å². The molecule has 5 aliphatic rings. The molecule has 1 aliphatic heterocycles. The van der Waals surface area contributed by atoms with E-state index in [1.807, 2.05) is 13.8 Å². The number of imide groups is 1. The summed E-state index contributed by atoms with van der Waals surface area (Å²) in [6.07, 6.45) is 6.76. The molecule has 2 unspecified atom stereocenters. The van der Waals surface area contributed by atoms with Gasteiger partial charge in [-0.25, -0.2) is 0 Å². The largest absolute Gasteiger partial charge is 0.296 e.